The van der Waals surface area contributed by atoms with Gasteiger partial charge < -0.3 is 0 Å². The first-order valence-electron chi connectivity index (χ1n) is 5.56. The van der Waals surface area contributed by atoms with E-state index in [1.807, 2.05) is 18.4 Å². The molecule has 0 saturated heterocycles. The van der Waals surface area contributed by atoms with Crippen molar-refractivity contribution in [1.29, 1.82) is 0 Å². The lowest BCUT2D eigenvalue weighted by Gasteiger charge is -2.01. The fourth-order valence-electron chi connectivity index (χ4n) is 1.93. The maximum atomic E-state index is 12.1. The Balaban J connectivity index is 2.16. The van der Waals surface area contributed by atoms with Crippen LogP contribution in [-0.2, 0) is 0 Å². The van der Waals surface area contributed by atoms with E-state index in [1.165, 1.54) is 24.8 Å². The van der Waals surface area contributed by atoms with Crippen LogP contribution < -0.4 is 0 Å². The minimum atomic E-state index is 0.259. The maximum Gasteiger partial charge on any atom is 0.198 e. The number of rotatable bonds is 2. The molecule has 80 valence electrons. The Hall–Kier alpha value is -0.890. The van der Waals surface area contributed by atoms with Crippen molar-refractivity contribution in [3.63, 3.8) is 0 Å². The van der Waals surface area contributed by atoms with E-state index < -0.39 is 0 Å². The van der Waals surface area contributed by atoms with Crippen molar-refractivity contribution in [2.24, 2.45) is 0 Å². The molecule has 15 heavy (non-hydrogen) atoms. The summed E-state index contributed by atoms with van der Waals surface area (Å²) < 4.78 is 0. The number of carbonyl (C=O) groups excluding carboxylic acids is 1. The molecule has 1 aliphatic carbocycles. The standard InChI is InChI=1S/C13H16OS/c1-10-8-12(15-9-10)13(14)11-6-4-2-3-5-7-11/h6,8-9H,2-5,7H2,1H3. The van der Waals surface area contributed by atoms with Gasteiger partial charge in [-0.3, -0.25) is 4.79 Å². The van der Waals surface area contributed by atoms with E-state index in [-0.39, 0.29) is 5.78 Å². The molecular formula is C13H16OS. The molecule has 0 fully saturated rings. The van der Waals surface area contributed by atoms with Crippen LogP contribution in [0.25, 0.3) is 0 Å². The molecule has 0 N–H and O–H groups in total. The third-order valence-corrected chi connectivity index (χ3v) is 3.83. The molecule has 0 atom stereocenters. The molecule has 0 unspecified atom stereocenters. The summed E-state index contributed by atoms with van der Waals surface area (Å²) in [4.78, 5) is 13.0. The lowest BCUT2D eigenvalue weighted by atomic mass is 10.0. The number of carbonyl (C=O) groups is 1. The van der Waals surface area contributed by atoms with Crippen LogP contribution >= 0.6 is 11.3 Å². The van der Waals surface area contributed by atoms with Gasteiger partial charge >= 0.3 is 0 Å². The third kappa shape index (κ3) is 2.57. The first kappa shape index (κ1) is 10.6. The molecule has 1 heterocycles. The van der Waals surface area contributed by atoms with Gasteiger partial charge in [0.25, 0.3) is 0 Å². The number of ketones is 1. The summed E-state index contributed by atoms with van der Waals surface area (Å²) >= 11 is 1.57. The second-order valence-corrected chi connectivity index (χ2v) is 5.06. The van der Waals surface area contributed by atoms with Gasteiger partial charge in [-0.25, -0.2) is 0 Å². The van der Waals surface area contributed by atoms with Crippen LogP contribution in [0.5, 0.6) is 0 Å². The third-order valence-electron chi connectivity index (χ3n) is 2.79. The molecule has 0 amide bonds. The highest BCUT2D eigenvalue weighted by atomic mass is 32.1. The Morgan fingerprint density at radius 1 is 1.33 bits per heavy atom. The Morgan fingerprint density at radius 3 is 2.93 bits per heavy atom. The van der Waals surface area contributed by atoms with Crippen molar-refractivity contribution in [1.82, 2.24) is 0 Å². The fraction of sp³-hybridized carbons (Fsp3) is 0.462. The summed E-state index contributed by atoms with van der Waals surface area (Å²) in [6.07, 6.45) is 7.85. The van der Waals surface area contributed by atoms with Gasteiger partial charge in [0.1, 0.15) is 0 Å². The summed E-state index contributed by atoms with van der Waals surface area (Å²) in [7, 11) is 0. The minimum Gasteiger partial charge on any atom is -0.288 e. The summed E-state index contributed by atoms with van der Waals surface area (Å²) in [6, 6.07) is 2.00. The number of hydrogen-bond donors (Lipinski definition) is 0. The quantitative estimate of drug-likeness (QED) is 0.685. The molecule has 1 aliphatic rings. The Morgan fingerprint density at radius 2 is 2.20 bits per heavy atom. The average Bonchev–Trinajstić information content (AvgIpc) is 2.53. The minimum absolute atomic E-state index is 0.259. The highest BCUT2D eigenvalue weighted by molar-refractivity contribution is 7.12. The van der Waals surface area contributed by atoms with Crippen LogP contribution in [0.3, 0.4) is 0 Å². The van der Waals surface area contributed by atoms with Gasteiger partial charge in [-0.05, 0) is 55.2 Å². The lowest BCUT2D eigenvalue weighted by molar-refractivity contribution is 0.103. The number of allylic oxidation sites excluding steroid dienone is 2. The summed E-state index contributed by atoms with van der Waals surface area (Å²) in [5.74, 6) is 0.259. The van der Waals surface area contributed by atoms with Crippen molar-refractivity contribution >= 4 is 17.1 Å². The van der Waals surface area contributed by atoms with Gasteiger partial charge in [0.15, 0.2) is 5.78 Å². The van der Waals surface area contributed by atoms with Crippen LogP contribution in [0.4, 0.5) is 0 Å². The second kappa shape index (κ2) is 4.75. The molecular weight excluding hydrogens is 204 g/mol. The van der Waals surface area contributed by atoms with Crippen LogP contribution in [0.15, 0.2) is 23.1 Å². The van der Waals surface area contributed by atoms with Gasteiger partial charge in [0.2, 0.25) is 0 Å². The van der Waals surface area contributed by atoms with Gasteiger partial charge in [-0.15, -0.1) is 11.3 Å². The van der Waals surface area contributed by atoms with Crippen molar-refractivity contribution in [2.75, 3.05) is 0 Å². The van der Waals surface area contributed by atoms with Crippen molar-refractivity contribution in [3.05, 3.63) is 33.5 Å². The summed E-state index contributed by atoms with van der Waals surface area (Å²) in [6.45, 7) is 2.04. The maximum absolute atomic E-state index is 12.1. The largest absolute Gasteiger partial charge is 0.288 e. The zero-order chi connectivity index (χ0) is 10.7. The topological polar surface area (TPSA) is 17.1 Å². The van der Waals surface area contributed by atoms with Gasteiger partial charge in [0.05, 0.1) is 4.88 Å². The summed E-state index contributed by atoms with van der Waals surface area (Å²) in [5.41, 5.74) is 2.23. The molecule has 0 bridgehead atoms. The van der Waals surface area contributed by atoms with Crippen LogP contribution in [0, 0.1) is 6.92 Å². The average molecular weight is 220 g/mol. The van der Waals surface area contributed by atoms with Gasteiger partial charge in [0, 0.05) is 0 Å². The first-order valence-corrected chi connectivity index (χ1v) is 6.44. The molecule has 2 rings (SSSR count). The molecule has 0 spiro atoms. The SMILES string of the molecule is Cc1csc(C(=O)C2=CCCCCC2)c1. The Kier molecular flexibility index (Phi) is 3.37. The monoisotopic (exact) mass is 220 g/mol. The molecule has 0 aliphatic heterocycles. The lowest BCUT2D eigenvalue weighted by Crippen LogP contribution is -2.00. The highest BCUT2D eigenvalue weighted by Gasteiger charge is 2.14. The number of Topliss-reactive ketones (excluding diaryl/α,β-unsaturated/α-hetero) is 1. The van der Waals surface area contributed by atoms with E-state index in [2.05, 4.69) is 6.08 Å². The Labute approximate surface area is 94.8 Å². The first-order chi connectivity index (χ1) is 7.27. The van der Waals surface area contributed by atoms with Crippen molar-refractivity contribution < 1.29 is 4.79 Å². The Bertz CT molecular complexity index is 387. The normalized spacial score (nSPS) is 17.0. The zero-order valence-corrected chi connectivity index (χ0v) is 9.90. The van der Waals surface area contributed by atoms with Crippen LogP contribution in [-0.4, -0.2) is 5.78 Å². The van der Waals surface area contributed by atoms with Gasteiger partial charge in [-0.1, -0.05) is 12.5 Å². The number of hydrogen-bond acceptors (Lipinski definition) is 2. The second-order valence-electron chi connectivity index (χ2n) is 4.15. The molecule has 0 aromatic carbocycles. The molecule has 1 aromatic heterocycles. The highest BCUT2D eigenvalue weighted by Crippen LogP contribution is 2.24. The molecule has 0 saturated carbocycles. The predicted molar refractivity (Wildman–Crippen MR) is 64.6 cm³/mol. The van der Waals surface area contributed by atoms with E-state index in [9.17, 15) is 4.79 Å². The molecule has 0 radical (unpaired) electrons. The number of thiophene rings is 1. The zero-order valence-electron chi connectivity index (χ0n) is 9.08. The molecule has 2 heteroatoms. The summed E-state index contributed by atoms with van der Waals surface area (Å²) in [5, 5.41) is 2.05. The van der Waals surface area contributed by atoms with E-state index in [4.69, 9.17) is 0 Å². The predicted octanol–water partition coefficient (Wildman–Crippen LogP) is 4.13. The van der Waals surface area contributed by atoms with Crippen molar-refractivity contribution in [2.45, 2.75) is 39.0 Å². The number of aryl methyl sites for hydroxylation is 1. The van der Waals surface area contributed by atoms with Crippen LogP contribution in [0.2, 0.25) is 0 Å². The fourth-order valence-corrected chi connectivity index (χ4v) is 2.80. The van der Waals surface area contributed by atoms with Crippen molar-refractivity contribution in [3.8, 4) is 0 Å². The smallest absolute Gasteiger partial charge is 0.198 e. The molecule has 1 nitrogen and oxygen atoms in total. The van der Waals surface area contributed by atoms with E-state index in [0.717, 1.165) is 23.3 Å². The van der Waals surface area contributed by atoms with E-state index >= 15 is 0 Å². The van der Waals surface area contributed by atoms with E-state index in [0.29, 0.717) is 0 Å². The van der Waals surface area contributed by atoms with Crippen LogP contribution in [0.1, 0.15) is 47.3 Å². The molecule has 1 aromatic rings. The van der Waals surface area contributed by atoms with Gasteiger partial charge in [-0.2, -0.15) is 0 Å². The van der Waals surface area contributed by atoms with E-state index in [1.54, 1.807) is 11.3 Å².